The van der Waals surface area contributed by atoms with Crippen molar-refractivity contribution in [3.63, 3.8) is 0 Å². The molecule has 0 aromatic heterocycles. The van der Waals surface area contributed by atoms with Crippen molar-refractivity contribution in [3.8, 4) is 0 Å². The van der Waals surface area contributed by atoms with E-state index in [1.807, 2.05) is 0 Å². The van der Waals surface area contributed by atoms with Crippen LogP contribution in [-0.2, 0) is 45.1 Å². The summed E-state index contributed by atoms with van der Waals surface area (Å²) in [5.41, 5.74) is 9.85. The van der Waals surface area contributed by atoms with Crippen LogP contribution in [0.15, 0.2) is 0 Å². The summed E-state index contributed by atoms with van der Waals surface area (Å²) < 4.78 is 52.6. The van der Waals surface area contributed by atoms with Crippen molar-refractivity contribution >= 4 is 39.1 Å². The molecule has 8 nitrogen and oxygen atoms in total. The van der Waals surface area contributed by atoms with E-state index >= 15 is 0 Å². The summed E-state index contributed by atoms with van der Waals surface area (Å²) in [7, 11) is 2.46. The molecule has 0 bridgehead atoms. The van der Waals surface area contributed by atoms with Crippen molar-refractivity contribution < 1.29 is 41.7 Å². The molecule has 0 heterocycles. The number of nitrogens with two attached hydrogens (primary N) is 2. The normalized spacial score (nSPS) is 12.9. The van der Waals surface area contributed by atoms with E-state index in [1.54, 1.807) is 0 Å². The van der Waals surface area contributed by atoms with Crippen molar-refractivity contribution in [2.75, 3.05) is 38.8 Å². The van der Waals surface area contributed by atoms with Gasteiger partial charge in [-0.15, -0.1) is 0 Å². The van der Waals surface area contributed by atoms with Crippen LogP contribution in [-0.4, -0.2) is 55.7 Å². The van der Waals surface area contributed by atoms with E-state index in [0.717, 1.165) is 12.5 Å². The molecule has 0 fully saturated rings. The first-order chi connectivity index (χ1) is 8.95. The molecule has 0 amide bonds. The van der Waals surface area contributed by atoms with Crippen molar-refractivity contribution in [1.29, 1.82) is 0 Å². The Kier molecular flexibility index (Phi) is 12.4. The maximum atomic E-state index is 10.8. The molecular formula is C7H18Cl2N2O6PtS2. The van der Waals surface area contributed by atoms with Gasteiger partial charge in [-0.1, -0.05) is 0 Å². The molecule has 4 N–H and O–H groups in total. The van der Waals surface area contributed by atoms with E-state index in [9.17, 15) is 16.8 Å². The predicted octanol–water partition coefficient (Wildman–Crippen LogP) is -0.781. The van der Waals surface area contributed by atoms with Gasteiger partial charge in [-0.25, -0.2) is 0 Å². The Labute approximate surface area is 136 Å². The fourth-order valence-electron chi connectivity index (χ4n) is 0.825. The summed E-state index contributed by atoms with van der Waals surface area (Å²) in [6.45, 7) is -0.772. The fraction of sp³-hybridized carbons (Fsp3) is 1.00. The zero-order valence-electron chi connectivity index (χ0n) is 10.8. The zero-order valence-corrected chi connectivity index (χ0v) is 16.2. The molecule has 0 rings (SSSR count). The fourth-order valence-corrected chi connectivity index (χ4v) is 1.75. The van der Waals surface area contributed by atoms with Crippen molar-refractivity contribution in [2.24, 2.45) is 16.9 Å². The Hall–Kier alpha value is 1.01. The summed E-state index contributed by atoms with van der Waals surface area (Å²) in [6.07, 6.45) is 1.75. The third-order valence-electron chi connectivity index (χ3n) is 2.02. The molecule has 0 saturated heterocycles. The first kappa shape index (κ1) is 23.3. The van der Waals surface area contributed by atoms with Crippen LogP contribution in [0.4, 0.5) is 0 Å². The Morgan fingerprint density at radius 2 is 1.20 bits per heavy atom. The summed E-state index contributed by atoms with van der Waals surface area (Å²) in [5, 5.41) is 0. The summed E-state index contributed by atoms with van der Waals surface area (Å²) in [5.74, 6) is 0. The van der Waals surface area contributed by atoms with Crippen molar-refractivity contribution in [3.05, 3.63) is 0 Å². The van der Waals surface area contributed by atoms with Gasteiger partial charge in [0.1, 0.15) is 0 Å². The molecule has 128 valence electrons. The van der Waals surface area contributed by atoms with Gasteiger partial charge in [0.25, 0.3) is 20.2 Å². The minimum atomic E-state index is -3.65. The topological polar surface area (TPSA) is 139 Å². The monoisotopic (exact) mass is 555 g/mol. The first-order valence-corrected chi connectivity index (χ1v) is 14.1. The van der Waals surface area contributed by atoms with E-state index in [-0.39, 0.29) is 26.3 Å². The van der Waals surface area contributed by atoms with Gasteiger partial charge in [0.15, 0.2) is 0 Å². The van der Waals surface area contributed by atoms with Crippen LogP contribution in [0.3, 0.4) is 0 Å². The molecule has 0 aliphatic rings. The SMILES string of the molecule is CS(=O)(=O)OCC(CN)(CN)COS(C)(=O)=O.[Cl][Pt][Cl]. The third-order valence-corrected chi connectivity index (χ3v) is 3.12. The Morgan fingerprint density at radius 1 is 0.950 bits per heavy atom. The maximum absolute atomic E-state index is 10.8. The van der Waals surface area contributed by atoms with Crippen LogP contribution in [0.2, 0.25) is 0 Å². The van der Waals surface area contributed by atoms with Gasteiger partial charge in [0, 0.05) is 18.5 Å². The second-order valence-electron chi connectivity index (χ2n) is 3.89. The van der Waals surface area contributed by atoms with Gasteiger partial charge in [0.2, 0.25) is 0 Å². The van der Waals surface area contributed by atoms with Crippen LogP contribution in [0.1, 0.15) is 0 Å². The van der Waals surface area contributed by atoms with Crippen LogP contribution in [0.25, 0.3) is 0 Å². The zero-order chi connectivity index (χ0) is 16.4. The molecule has 0 radical (unpaired) electrons. The predicted molar refractivity (Wildman–Crippen MR) is 73.8 cm³/mol. The molecule has 0 atom stereocenters. The van der Waals surface area contributed by atoms with Gasteiger partial charge in [-0.05, 0) is 0 Å². The molecular weight excluding hydrogens is 538 g/mol. The van der Waals surface area contributed by atoms with Crippen LogP contribution in [0.5, 0.6) is 0 Å². The molecule has 0 saturated carbocycles. The third kappa shape index (κ3) is 14.0. The standard InChI is InChI=1S/C7H18N2O6S2.2ClH.Pt/c1-16(10,11)14-5-7(3-8,4-9)6-15-17(2,12)13;;;/h3-6,8-9H2,1-2H3;2*1H;/q;;;+2/p-2. The molecule has 0 unspecified atom stereocenters. The van der Waals surface area contributed by atoms with Gasteiger partial charge in [0.05, 0.1) is 25.7 Å². The van der Waals surface area contributed by atoms with E-state index < -0.39 is 42.1 Å². The Balaban J connectivity index is 0. The van der Waals surface area contributed by atoms with Crippen molar-refractivity contribution in [1.82, 2.24) is 0 Å². The van der Waals surface area contributed by atoms with E-state index in [4.69, 9.17) is 30.3 Å². The van der Waals surface area contributed by atoms with Gasteiger partial charge in [-0.2, -0.15) is 16.8 Å². The molecule has 0 aromatic rings. The van der Waals surface area contributed by atoms with E-state index in [0.29, 0.717) is 0 Å². The molecule has 0 aromatic carbocycles. The summed E-state index contributed by atoms with van der Waals surface area (Å²) >= 11 is -0.472. The minimum absolute atomic E-state index is 0.0610. The molecule has 0 aliphatic heterocycles. The molecule has 13 heteroatoms. The van der Waals surface area contributed by atoms with Gasteiger partial charge < -0.3 is 11.5 Å². The van der Waals surface area contributed by atoms with E-state index in [2.05, 4.69) is 8.37 Å². The number of hydrogen-bond acceptors (Lipinski definition) is 8. The Morgan fingerprint density at radius 3 is 1.35 bits per heavy atom. The summed E-state index contributed by atoms with van der Waals surface area (Å²) in [4.78, 5) is 0. The van der Waals surface area contributed by atoms with E-state index in [1.165, 1.54) is 0 Å². The quantitative estimate of drug-likeness (QED) is 0.372. The van der Waals surface area contributed by atoms with Crippen LogP contribution < -0.4 is 11.5 Å². The molecule has 0 aliphatic carbocycles. The summed E-state index contributed by atoms with van der Waals surface area (Å²) in [6, 6.07) is 0. The second kappa shape index (κ2) is 10.7. The van der Waals surface area contributed by atoms with Crippen LogP contribution in [0, 0.1) is 5.41 Å². The van der Waals surface area contributed by atoms with Gasteiger partial charge >= 0.3 is 35.3 Å². The average molecular weight is 556 g/mol. The number of halogens is 2. The van der Waals surface area contributed by atoms with Crippen LogP contribution >= 0.6 is 18.8 Å². The Bertz CT molecular complexity index is 416. The molecule has 0 spiro atoms. The van der Waals surface area contributed by atoms with Gasteiger partial charge in [-0.3, -0.25) is 8.37 Å². The molecule has 20 heavy (non-hydrogen) atoms. The number of rotatable bonds is 8. The number of hydrogen-bond donors (Lipinski definition) is 2. The average Bonchev–Trinajstić information content (AvgIpc) is 2.29. The van der Waals surface area contributed by atoms with Crippen molar-refractivity contribution in [2.45, 2.75) is 0 Å². The first-order valence-electron chi connectivity index (χ1n) is 4.86. The second-order valence-corrected chi connectivity index (χ2v) is 10.5.